The van der Waals surface area contributed by atoms with E-state index < -0.39 is 18.2 Å². The van der Waals surface area contributed by atoms with Crippen molar-refractivity contribution in [1.29, 1.82) is 0 Å². The van der Waals surface area contributed by atoms with Crippen LogP contribution in [0.4, 0.5) is 0 Å². The zero-order valence-electron chi connectivity index (χ0n) is 25.0. The molecule has 0 radical (unpaired) electrons. The Morgan fingerprint density at radius 1 is 0.804 bits per heavy atom. The maximum atomic E-state index is 12.1. The van der Waals surface area contributed by atoms with Crippen molar-refractivity contribution in [3.05, 3.63) is 125 Å². The number of carboxylic acids is 2. The molecule has 5 rings (SSSR count). The lowest BCUT2D eigenvalue weighted by atomic mass is 9.97. The number of thioether (sulfide) groups is 1. The van der Waals surface area contributed by atoms with Gasteiger partial charge in [-0.3, -0.25) is 9.59 Å². The number of benzene rings is 4. The van der Waals surface area contributed by atoms with Crippen molar-refractivity contribution in [2.24, 2.45) is 0 Å². The van der Waals surface area contributed by atoms with Crippen molar-refractivity contribution < 1.29 is 39.2 Å². The van der Waals surface area contributed by atoms with E-state index in [1.807, 2.05) is 72.8 Å². The van der Waals surface area contributed by atoms with Crippen molar-refractivity contribution in [3.8, 4) is 11.1 Å². The van der Waals surface area contributed by atoms with Crippen LogP contribution in [0.15, 0.2) is 102 Å². The summed E-state index contributed by atoms with van der Waals surface area (Å²) < 4.78 is 12.9. The summed E-state index contributed by atoms with van der Waals surface area (Å²) >= 11 is 1.59. The van der Waals surface area contributed by atoms with Gasteiger partial charge in [-0.15, -0.1) is 11.8 Å². The van der Waals surface area contributed by atoms with Gasteiger partial charge in [0.15, 0.2) is 6.29 Å². The van der Waals surface area contributed by atoms with Gasteiger partial charge >= 0.3 is 11.9 Å². The summed E-state index contributed by atoms with van der Waals surface area (Å²) in [5.41, 5.74) is 5.70. The molecular formula is C36H35NO8S. The number of carboxylic acid groups (broad SMARTS) is 2. The van der Waals surface area contributed by atoms with Crippen molar-refractivity contribution in [2.45, 2.75) is 55.8 Å². The molecule has 9 nitrogen and oxygen atoms in total. The fraction of sp³-hybridized carbons (Fsp3) is 0.250. The van der Waals surface area contributed by atoms with Gasteiger partial charge in [-0.1, -0.05) is 72.8 Å². The number of carbonyl (C=O) groups is 3. The van der Waals surface area contributed by atoms with Gasteiger partial charge in [0, 0.05) is 35.6 Å². The van der Waals surface area contributed by atoms with Gasteiger partial charge in [0.1, 0.15) is 0 Å². The first-order valence-electron chi connectivity index (χ1n) is 14.9. The molecule has 46 heavy (non-hydrogen) atoms. The molecule has 238 valence electrons. The summed E-state index contributed by atoms with van der Waals surface area (Å²) in [5.74, 6) is -1.65. The summed E-state index contributed by atoms with van der Waals surface area (Å²) in [6.45, 7) is 0.240. The first-order chi connectivity index (χ1) is 22.3. The molecule has 4 aromatic carbocycles. The number of carbonyl (C=O) groups excluding carboxylic acids is 1. The van der Waals surface area contributed by atoms with Gasteiger partial charge in [0.25, 0.3) is 0 Å². The predicted molar refractivity (Wildman–Crippen MR) is 173 cm³/mol. The Hall–Kier alpha value is -4.48. The first kappa shape index (κ1) is 32.9. The van der Waals surface area contributed by atoms with E-state index in [1.54, 1.807) is 36.0 Å². The van der Waals surface area contributed by atoms with Crippen LogP contribution in [0.5, 0.6) is 0 Å². The molecule has 0 unspecified atom stereocenters. The highest BCUT2D eigenvalue weighted by molar-refractivity contribution is 7.99. The van der Waals surface area contributed by atoms with Crippen molar-refractivity contribution in [2.75, 3.05) is 5.75 Å². The molecule has 0 aliphatic carbocycles. The molecule has 1 aliphatic rings. The number of aliphatic hydroxyl groups is 1. The fourth-order valence-electron chi connectivity index (χ4n) is 5.18. The molecule has 4 N–H and O–H groups in total. The Labute approximate surface area is 271 Å². The Morgan fingerprint density at radius 3 is 2.17 bits per heavy atom. The number of amides is 1. The molecular weight excluding hydrogens is 606 g/mol. The number of nitrogens with one attached hydrogen (secondary N) is 1. The van der Waals surface area contributed by atoms with Crippen LogP contribution in [0.2, 0.25) is 0 Å². The lowest BCUT2D eigenvalue weighted by Gasteiger charge is -2.36. The predicted octanol–water partition coefficient (Wildman–Crippen LogP) is 6.36. The van der Waals surface area contributed by atoms with Gasteiger partial charge < -0.3 is 30.1 Å². The van der Waals surface area contributed by atoms with E-state index in [9.17, 15) is 24.6 Å². The van der Waals surface area contributed by atoms with E-state index in [0.29, 0.717) is 12.2 Å². The number of aliphatic hydroxyl groups excluding tert-OH is 1. The highest BCUT2D eigenvalue weighted by Gasteiger charge is 2.32. The van der Waals surface area contributed by atoms with Crippen LogP contribution in [-0.4, -0.2) is 45.0 Å². The van der Waals surface area contributed by atoms with Gasteiger partial charge in [-0.2, -0.15) is 0 Å². The molecule has 0 bridgehead atoms. The molecule has 10 heteroatoms. The second kappa shape index (κ2) is 15.7. The van der Waals surface area contributed by atoms with Gasteiger partial charge in [-0.25, -0.2) is 4.79 Å². The normalized spacial score (nSPS) is 17.7. The molecule has 1 amide bonds. The molecule has 1 fully saturated rings. The Morgan fingerprint density at radius 2 is 1.50 bits per heavy atom. The van der Waals surface area contributed by atoms with Crippen LogP contribution in [0, 0.1) is 0 Å². The van der Waals surface area contributed by atoms with Gasteiger partial charge in [0.05, 0.1) is 30.8 Å². The highest BCUT2D eigenvalue weighted by atomic mass is 32.2. The summed E-state index contributed by atoms with van der Waals surface area (Å²) in [7, 11) is 0. The molecule has 1 heterocycles. The number of hydrogen-bond donors (Lipinski definition) is 4. The molecule has 1 aliphatic heterocycles. The second-order valence-electron chi connectivity index (χ2n) is 10.9. The lowest BCUT2D eigenvalue weighted by molar-refractivity contribution is -0.245. The van der Waals surface area contributed by atoms with Crippen LogP contribution < -0.4 is 5.32 Å². The van der Waals surface area contributed by atoms with E-state index in [0.717, 1.165) is 38.3 Å². The van der Waals surface area contributed by atoms with E-state index >= 15 is 0 Å². The van der Waals surface area contributed by atoms with Crippen LogP contribution in [0.1, 0.15) is 64.3 Å². The fourth-order valence-corrected chi connectivity index (χ4v) is 6.11. The number of hydrogen-bond acceptors (Lipinski definition) is 7. The quantitative estimate of drug-likeness (QED) is 0.123. The minimum absolute atomic E-state index is 0.0377. The number of aromatic carboxylic acids is 1. The number of aliphatic carboxylic acids is 1. The molecule has 0 aromatic heterocycles. The van der Waals surface area contributed by atoms with E-state index in [4.69, 9.17) is 14.6 Å². The largest absolute Gasteiger partial charge is 0.481 e. The topological polar surface area (TPSA) is 142 Å². The summed E-state index contributed by atoms with van der Waals surface area (Å²) in [5, 5.41) is 30.3. The van der Waals surface area contributed by atoms with Crippen molar-refractivity contribution in [1.82, 2.24) is 5.32 Å². The summed E-state index contributed by atoms with van der Waals surface area (Å²) in [4.78, 5) is 35.1. The van der Waals surface area contributed by atoms with Gasteiger partial charge in [-0.05, 0) is 52.1 Å². The monoisotopic (exact) mass is 641 g/mol. The lowest BCUT2D eigenvalue weighted by Crippen LogP contribution is -2.31. The average molecular weight is 642 g/mol. The third-order valence-corrected chi connectivity index (χ3v) is 8.85. The van der Waals surface area contributed by atoms with Crippen LogP contribution >= 0.6 is 11.8 Å². The molecule has 3 atom stereocenters. The third kappa shape index (κ3) is 8.82. The van der Waals surface area contributed by atoms with E-state index in [2.05, 4.69) is 5.32 Å². The minimum Gasteiger partial charge on any atom is -0.481 e. The minimum atomic E-state index is -1.01. The molecule has 0 spiro atoms. The van der Waals surface area contributed by atoms with Crippen LogP contribution in [0.3, 0.4) is 0 Å². The van der Waals surface area contributed by atoms with Crippen LogP contribution in [-0.2, 0) is 32.2 Å². The Kier molecular flexibility index (Phi) is 11.2. The average Bonchev–Trinajstić information content (AvgIpc) is 3.09. The Bertz CT molecular complexity index is 1640. The van der Waals surface area contributed by atoms with Crippen LogP contribution in [0.25, 0.3) is 11.1 Å². The van der Waals surface area contributed by atoms with Gasteiger partial charge in [0.2, 0.25) is 5.91 Å². The maximum absolute atomic E-state index is 12.1. The molecule has 1 saturated heterocycles. The van der Waals surface area contributed by atoms with Crippen molar-refractivity contribution >= 4 is 29.6 Å². The van der Waals surface area contributed by atoms with Crippen molar-refractivity contribution in [3.63, 3.8) is 0 Å². The van der Waals surface area contributed by atoms with E-state index in [1.165, 1.54) is 0 Å². The first-order valence-corrected chi connectivity index (χ1v) is 15.9. The second-order valence-corrected chi connectivity index (χ2v) is 12.0. The number of rotatable bonds is 13. The highest BCUT2D eigenvalue weighted by Crippen LogP contribution is 2.40. The zero-order chi connectivity index (χ0) is 32.5. The maximum Gasteiger partial charge on any atom is 0.335 e. The van der Waals surface area contributed by atoms with E-state index in [-0.39, 0.29) is 49.7 Å². The summed E-state index contributed by atoms with van der Waals surface area (Å²) in [6, 6.07) is 30.1. The summed E-state index contributed by atoms with van der Waals surface area (Å²) in [6.07, 6.45) is -0.689. The SMILES string of the molecule is O=C(O)CCC(=O)NCc1ccccc1-c1ccc([C@H]2O[C@@H](CSc3ccc(C(=O)O)cc3)C[C@@H](c3ccc(CO)cc3)O2)cc1. The zero-order valence-corrected chi connectivity index (χ0v) is 25.8. The third-order valence-electron chi connectivity index (χ3n) is 7.71. The molecule has 4 aromatic rings. The molecule has 0 saturated carbocycles. The standard InChI is InChI=1S/C36H35NO8S/c38-21-23-5-7-25(8-6-23)32-19-29(22-46-30-15-13-26(14-16-30)35(42)43)44-36(45-32)27-11-9-24(10-12-27)31-4-2-1-3-28(31)20-37-33(39)17-18-34(40)41/h1-16,29,32,36,38H,17-22H2,(H,37,39)(H,40,41)(H,42,43)/t29-,32+,36+/m1/s1. The number of ether oxygens (including phenoxy) is 2. The Balaban J connectivity index is 1.31. The smallest absolute Gasteiger partial charge is 0.335 e.